The minimum atomic E-state index is 0.541. The van der Waals surface area contributed by atoms with Gasteiger partial charge in [0.05, 0.1) is 7.11 Å². The topological polar surface area (TPSA) is 38.6 Å². The Bertz CT molecular complexity index is 818. The zero-order valence-corrected chi connectivity index (χ0v) is 13.3. The minimum absolute atomic E-state index is 0.541. The summed E-state index contributed by atoms with van der Waals surface area (Å²) in [7, 11) is 1.69. The van der Waals surface area contributed by atoms with Gasteiger partial charge < -0.3 is 10.1 Å². The lowest BCUT2D eigenvalue weighted by Gasteiger charge is -2.15. The number of imidazole rings is 1. The van der Waals surface area contributed by atoms with Crippen LogP contribution in [-0.4, -0.2) is 22.5 Å². The Morgan fingerprint density at radius 3 is 2.83 bits per heavy atom. The Kier molecular flexibility index (Phi) is 3.66. The molecule has 4 heteroatoms. The molecule has 2 heterocycles. The third-order valence-corrected chi connectivity index (χ3v) is 4.57. The molecule has 0 atom stereocenters. The summed E-state index contributed by atoms with van der Waals surface area (Å²) in [4.78, 5) is 4.85. The van der Waals surface area contributed by atoms with Crippen LogP contribution in [0.25, 0.3) is 16.9 Å². The van der Waals surface area contributed by atoms with Gasteiger partial charge in [-0.05, 0) is 37.1 Å². The van der Waals surface area contributed by atoms with Crippen molar-refractivity contribution in [1.29, 1.82) is 0 Å². The summed E-state index contributed by atoms with van der Waals surface area (Å²) in [5.41, 5.74) is 3.03. The maximum absolute atomic E-state index is 5.37. The molecule has 1 aromatic carbocycles. The number of nitrogens with zero attached hydrogens (tertiary/aromatic N) is 2. The zero-order valence-electron chi connectivity index (χ0n) is 13.3. The summed E-state index contributed by atoms with van der Waals surface area (Å²) in [6, 6.07) is 14.8. The summed E-state index contributed by atoms with van der Waals surface area (Å²) < 4.78 is 7.51. The van der Waals surface area contributed by atoms with E-state index in [9.17, 15) is 0 Å². The monoisotopic (exact) mass is 307 g/mol. The van der Waals surface area contributed by atoms with Crippen LogP contribution >= 0.6 is 0 Å². The van der Waals surface area contributed by atoms with Crippen molar-refractivity contribution >= 4 is 11.5 Å². The molecule has 4 rings (SSSR count). The second-order valence-electron chi connectivity index (χ2n) is 6.10. The molecule has 0 bridgehead atoms. The maximum atomic E-state index is 5.37. The molecule has 1 saturated carbocycles. The van der Waals surface area contributed by atoms with E-state index in [1.807, 2.05) is 36.4 Å². The second-order valence-corrected chi connectivity index (χ2v) is 6.10. The standard InChI is InChI=1S/C19H21N3O/c1-23-16-10-6-7-14(13-16)18-19(20-15-8-2-3-9-15)22-12-5-4-11-17(22)21-18/h4-7,10-13,15,20H,2-3,8-9H2,1H3. The van der Waals surface area contributed by atoms with Crippen LogP contribution in [-0.2, 0) is 0 Å². The van der Waals surface area contributed by atoms with Crippen molar-refractivity contribution in [3.05, 3.63) is 48.7 Å². The van der Waals surface area contributed by atoms with Crippen LogP contribution < -0.4 is 10.1 Å². The van der Waals surface area contributed by atoms with Gasteiger partial charge in [0.2, 0.25) is 0 Å². The summed E-state index contributed by atoms with van der Waals surface area (Å²) in [5, 5.41) is 3.73. The third kappa shape index (κ3) is 2.65. The number of hydrogen-bond donors (Lipinski definition) is 1. The van der Waals surface area contributed by atoms with E-state index >= 15 is 0 Å². The Labute approximate surface area is 136 Å². The fourth-order valence-corrected chi connectivity index (χ4v) is 3.37. The van der Waals surface area contributed by atoms with E-state index in [1.54, 1.807) is 7.11 Å². The van der Waals surface area contributed by atoms with Crippen molar-refractivity contribution in [1.82, 2.24) is 9.38 Å². The highest BCUT2D eigenvalue weighted by atomic mass is 16.5. The Balaban J connectivity index is 1.83. The van der Waals surface area contributed by atoms with E-state index in [0.717, 1.165) is 28.5 Å². The molecule has 0 amide bonds. The van der Waals surface area contributed by atoms with Crippen molar-refractivity contribution in [2.75, 3.05) is 12.4 Å². The van der Waals surface area contributed by atoms with E-state index in [0.29, 0.717) is 6.04 Å². The molecule has 0 radical (unpaired) electrons. The molecule has 4 nitrogen and oxygen atoms in total. The van der Waals surface area contributed by atoms with E-state index in [2.05, 4.69) is 22.0 Å². The van der Waals surface area contributed by atoms with E-state index in [4.69, 9.17) is 9.72 Å². The van der Waals surface area contributed by atoms with Crippen molar-refractivity contribution in [3.8, 4) is 17.0 Å². The van der Waals surface area contributed by atoms with Gasteiger partial charge in [0.1, 0.15) is 22.9 Å². The van der Waals surface area contributed by atoms with Gasteiger partial charge in [0.15, 0.2) is 0 Å². The highest BCUT2D eigenvalue weighted by Crippen LogP contribution is 2.33. The maximum Gasteiger partial charge on any atom is 0.139 e. The van der Waals surface area contributed by atoms with Crippen LogP contribution in [0.3, 0.4) is 0 Å². The SMILES string of the molecule is COc1cccc(-c2nc3ccccn3c2NC2CCCC2)c1. The molecule has 1 fully saturated rings. The van der Waals surface area contributed by atoms with Gasteiger partial charge in [0, 0.05) is 17.8 Å². The van der Waals surface area contributed by atoms with Gasteiger partial charge in [-0.1, -0.05) is 31.0 Å². The molecular weight excluding hydrogens is 286 g/mol. The highest BCUT2D eigenvalue weighted by Gasteiger charge is 2.20. The summed E-state index contributed by atoms with van der Waals surface area (Å²) >= 11 is 0. The molecular formula is C19H21N3O. The van der Waals surface area contributed by atoms with Gasteiger partial charge >= 0.3 is 0 Å². The fraction of sp³-hybridized carbons (Fsp3) is 0.316. The Morgan fingerprint density at radius 1 is 1.13 bits per heavy atom. The first-order chi connectivity index (χ1) is 11.3. The van der Waals surface area contributed by atoms with Crippen molar-refractivity contribution in [2.45, 2.75) is 31.7 Å². The molecule has 1 aliphatic carbocycles. The normalized spacial score (nSPS) is 15.2. The average Bonchev–Trinajstić information content (AvgIpc) is 3.24. The fourth-order valence-electron chi connectivity index (χ4n) is 3.37. The summed E-state index contributed by atoms with van der Waals surface area (Å²) in [6.07, 6.45) is 7.16. The molecule has 23 heavy (non-hydrogen) atoms. The predicted octanol–water partition coefficient (Wildman–Crippen LogP) is 4.36. The first-order valence-corrected chi connectivity index (χ1v) is 8.23. The number of ether oxygens (including phenoxy) is 1. The number of aromatic nitrogens is 2. The number of anilines is 1. The second kappa shape index (κ2) is 5.95. The molecule has 0 spiro atoms. The lowest BCUT2D eigenvalue weighted by atomic mass is 10.1. The molecule has 3 aromatic rings. The van der Waals surface area contributed by atoms with Gasteiger partial charge in [-0.2, -0.15) is 0 Å². The quantitative estimate of drug-likeness (QED) is 0.778. The molecule has 1 aliphatic rings. The van der Waals surface area contributed by atoms with E-state index < -0.39 is 0 Å². The number of methoxy groups -OCH3 is 1. The van der Waals surface area contributed by atoms with E-state index in [-0.39, 0.29) is 0 Å². The molecule has 0 saturated heterocycles. The van der Waals surface area contributed by atoms with Crippen molar-refractivity contribution < 1.29 is 4.74 Å². The smallest absolute Gasteiger partial charge is 0.139 e. The minimum Gasteiger partial charge on any atom is -0.497 e. The summed E-state index contributed by atoms with van der Waals surface area (Å²) in [6.45, 7) is 0. The predicted molar refractivity (Wildman–Crippen MR) is 93.1 cm³/mol. The van der Waals surface area contributed by atoms with Crippen LogP contribution in [0.2, 0.25) is 0 Å². The number of rotatable bonds is 4. The van der Waals surface area contributed by atoms with Crippen molar-refractivity contribution in [2.24, 2.45) is 0 Å². The Morgan fingerprint density at radius 2 is 2.00 bits per heavy atom. The first-order valence-electron chi connectivity index (χ1n) is 8.23. The molecule has 0 aliphatic heterocycles. The highest BCUT2D eigenvalue weighted by molar-refractivity contribution is 5.77. The summed E-state index contributed by atoms with van der Waals surface area (Å²) in [5.74, 6) is 1.94. The van der Waals surface area contributed by atoms with Crippen LogP contribution in [0.4, 0.5) is 5.82 Å². The van der Waals surface area contributed by atoms with Gasteiger partial charge in [-0.25, -0.2) is 4.98 Å². The molecule has 0 unspecified atom stereocenters. The first kappa shape index (κ1) is 14.1. The van der Waals surface area contributed by atoms with Crippen LogP contribution in [0, 0.1) is 0 Å². The van der Waals surface area contributed by atoms with E-state index in [1.165, 1.54) is 25.7 Å². The molecule has 1 N–H and O–H groups in total. The number of pyridine rings is 1. The largest absolute Gasteiger partial charge is 0.497 e. The Hall–Kier alpha value is -2.49. The number of nitrogens with one attached hydrogen (secondary N) is 1. The third-order valence-electron chi connectivity index (χ3n) is 4.57. The average molecular weight is 307 g/mol. The van der Waals surface area contributed by atoms with Crippen LogP contribution in [0.5, 0.6) is 5.75 Å². The number of hydrogen-bond acceptors (Lipinski definition) is 3. The van der Waals surface area contributed by atoms with Crippen molar-refractivity contribution in [3.63, 3.8) is 0 Å². The number of benzene rings is 1. The van der Waals surface area contributed by atoms with Crippen LogP contribution in [0.1, 0.15) is 25.7 Å². The van der Waals surface area contributed by atoms with Gasteiger partial charge in [-0.3, -0.25) is 4.40 Å². The van der Waals surface area contributed by atoms with Gasteiger partial charge in [0.25, 0.3) is 0 Å². The van der Waals surface area contributed by atoms with Gasteiger partial charge in [-0.15, -0.1) is 0 Å². The molecule has 118 valence electrons. The number of fused-ring (bicyclic) bond motifs is 1. The molecule has 2 aromatic heterocycles. The zero-order chi connectivity index (χ0) is 15.6. The van der Waals surface area contributed by atoms with Crippen LogP contribution in [0.15, 0.2) is 48.7 Å². The lowest BCUT2D eigenvalue weighted by Crippen LogP contribution is -2.16. The lowest BCUT2D eigenvalue weighted by molar-refractivity contribution is 0.415.